The lowest BCUT2D eigenvalue weighted by Crippen LogP contribution is -2.23. The normalized spacial score (nSPS) is 9.14. The van der Waals surface area contributed by atoms with Crippen LogP contribution >= 0.6 is 0 Å². The van der Waals surface area contributed by atoms with E-state index in [0.717, 1.165) is 6.42 Å². The van der Waals surface area contributed by atoms with Crippen molar-refractivity contribution < 1.29 is 4.79 Å². The van der Waals surface area contributed by atoms with E-state index >= 15 is 0 Å². The van der Waals surface area contributed by atoms with E-state index in [9.17, 15) is 4.79 Å². The Hall–Kier alpha value is -1.82. The summed E-state index contributed by atoms with van der Waals surface area (Å²) < 4.78 is 0. The quantitative estimate of drug-likeness (QED) is 0.784. The van der Waals surface area contributed by atoms with Crippen LogP contribution in [0.3, 0.4) is 0 Å². The van der Waals surface area contributed by atoms with Crippen LogP contribution in [0.5, 0.6) is 0 Å². The Bertz CT molecular complexity index is 349. The van der Waals surface area contributed by atoms with E-state index in [1.807, 2.05) is 13.0 Å². The smallest absolute Gasteiger partial charge is 0.251 e. The SMILES string of the molecule is CCCNC(=O)c1ccc(C#N)cc1. The molecule has 72 valence electrons. The first-order valence-corrected chi connectivity index (χ1v) is 4.56. The minimum Gasteiger partial charge on any atom is -0.352 e. The summed E-state index contributed by atoms with van der Waals surface area (Å²) >= 11 is 0. The van der Waals surface area contributed by atoms with Gasteiger partial charge in [-0.3, -0.25) is 4.79 Å². The molecule has 0 atom stereocenters. The Morgan fingerprint density at radius 1 is 1.43 bits per heavy atom. The Kier molecular flexibility index (Phi) is 3.69. The van der Waals surface area contributed by atoms with Gasteiger partial charge in [0.1, 0.15) is 0 Å². The molecule has 0 heterocycles. The lowest BCUT2D eigenvalue weighted by Gasteiger charge is -2.02. The fourth-order valence-corrected chi connectivity index (χ4v) is 1.04. The van der Waals surface area contributed by atoms with E-state index in [0.29, 0.717) is 17.7 Å². The molecule has 0 aliphatic heterocycles. The van der Waals surface area contributed by atoms with Gasteiger partial charge >= 0.3 is 0 Å². The molecule has 1 rings (SSSR count). The molecule has 0 bridgehead atoms. The average molecular weight is 188 g/mol. The van der Waals surface area contributed by atoms with Gasteiger partial charge in [-0.05, 0) is 30.7 Å². The molecule has 1 aromatic carbocycles. The Morgan fingerprint density at radius 3 is 2.57 bits per heavy atom. The molecule has 0 spiro atoms. The summed E-state index contributed by atoms with van der Waals surface area (Å²) in [6.07, 6.45) is 0.919. The molecular formula is C11H12N2O. The van der Waals surface area contributed by atoms with E-state index < -0.39 is 0 Å². The van der Waals surface area contributed by atoms with Crippen LogP contribution in [0.1, 0.15) is 29.3 Å². The lowest BCUT2D eigenvalue weighted by atomic mass is 10.1. The van der Waals surface area contributed by atoms with Crippen molar-refractivity contribution in [3.05, 3.63) is 35.4 Å². The number of amides is 1. The Labute approximate surface area is 83.4 Å². The zero-order valence-electron chi connectivity index (χ0n) is 8.08. The number of nitrogens with one attached hydrogen (secondary N) is 1. The summed E-state index contributed by atoms with van der Waals surface area (Å²) in [7, 11) is 0. The van der Waals surface area contributed by atoms with E-state index in [-0.39, 0.29) is 5.91 Å². The molecule has 0 radical (unpaired) electrons. The molecule has 1 aromatic rings. The maximum Gasteiger partial charge on any atom is 0.251 e. The zero-order chi connectivity index (χ0) is 10.4. The zero-order valence-corrected chi connectivity index (χ0v) is 8.08. The molecule has 0 aliphatic rings. The van der Waals surface area contributed by atoms with Gasteiger partial charge in [0.15, 0.2) is 0 Å². The Morgan fingerprint density at radius 2 is 2.07 bits per heavy atom. The number of hydrogen-bond acceptors (Lipinski definition) is 2. The van der Waals surface area contributed by atoms with Gasteiger partial charge in [-0.15, -0.1) is 0 Å². The molecule has 1 N–H and O–H groups in total. The van der Waals surface area contributed by atoms with E-state index in [1.165, 1.54) is 0 Å². The van der Waals surface area contributed by atoms with E-state index in [1.54, 1.807) is 24.3 Å². The third-order valence-electron chi connectivity index (χ3n) is 1.81. The van der Waals surface area contributed by atoms with Crippen LogP contribution in [0.15, 0.2) is 24.3 Å². The molecule has 0 aromatic heterocycles. The molecule has 0 saturated heterocycles. The molecule has 1 amide bonds. The molecule has 14 heavy (non-hydrogen) atoms. The highest BCUT2D eigenvalue weighted by molar-refractivity contribution is 5.94. The topological polar surface area (TPSA) is 52.9 Å². The predicted molar refractivity (Wildman–Crippen MR) is 53.8 cm³/mol. The highest BCUT2D eigenvalue weighted by atomic mass is 16.1. The largest absolute Gasteiger partial charge is 0.352 e. The van der Waals surface area contributed by atoms with Crippen LogP contribution in [0, 0.1) is 11.3 Å². The number of carbonyl (C=O) groups excluding carboxylic acids is 1. The summed E-state index contributed by atoms with van der Waals surface area (Å²) in [5.74, 6) is -0.0867. The van der Waals surface area contributed by atoms with Crippen molar-refractivity contribution in [1.29, 1.82) is 5.26 Å². The summed E-state index contributed by atoms with van der Waals surface area (Å²) in [4.78, 5) is 11.4. The van der Waals surface area contributed by atoms with Crippen LogP contribution in [0.2, 0.25) is 0 Å². The molecule has 3 heteroatoms. The minimum absolute atomic E-state index is 0.0867. The number of benzene rings is 1. The second-order valence-corrected chi connectivity index (χ2v) is 2.95. The van der Waals surface area contributed by atoms with Crippen LogP contribution < -0.4 is 5.32 Å². The van der Waals surface area contributed by atoms with Crippen molar-refractivity contribution in [2.24, 2.45) is 0 Å². The monoisotopic (exact) mass is 188 g/mol. The standard InChI is InChI=1S/C11H12N2O/c1-2-7-13-11(14)10-5-3-9(8-12)4-6-10/h3-6H,2,7H2,1H3,(H,13,14). The van der Waals surface area contributed by atoms with Gasteiger partial charge in [0, 0.05) is 12.1 Å². The maximum atomic E-state index is 11.4. The number of rotatable bonds is 3. The molecule has 0 saturated carbocycles. The first-order valence-electron chi connectivity index (χ1n) is 4.56. The van der Waals surface area contributed by atoms with Crippen molar-refractivity contribution in [3.63, 3.8) is 0 Å². The fraction of sp³-hybridized carbons (Fsp3) is 0.273. The maximum absolute atomic E-state index is 11.4. The van der Waals surface area contributed by atoms with Crippen molar-refractivity contribution in [2.75, 3.05) is 6.54 Å². The van der Waals surface area contributed by atoms with Crippen LogP contribution in [0.25, 0.3) is 0 Å². The van der Waals surface area contributed by atoms with Crippen molar-refractivity contribution in [1.82, 2.24) is 5.32 Å². The third kappa shape index (κ3) is 2.60. The van der Waals surface area contributed by atoms with Gasteiger partial charge in [-0.2, -0.15) is 5.26 Å². The Balaban J connectivity index is 2.68. The number of nitriles is 1. The first kappa shape index (κ1) is 10.3. The first-order chi connectivity index (χ1) is 6.77. The van der Waals surface area contributed by atoms with Crippen molar-refractivity contribution >= 4 is 5.91 Å². The predicted octanol–water partition coefficient (Wildman–Crippen LogP) is 1.70. The molecule has 3 nitrogen and oxygen atoms in total. The summed E-state index contributed by atoms with van der Waals surface area (Å²) in [6, 6.07) is 8.60. The van der Waals surface area contributed by atoms with Gasteiger partial charge in [-0.1, -0.05) is 6.92 Å². The van der Waals surface area contributed by atoms with Crippen molar-refractivity contribution in [2.45, 2.75) is 13.3 Å². The van der Waals surface area contributed by atoms with Gasteiger partial charge < -0.3 is 5.32 Å². The van der Waals surface area contributed by atoms with Gasteiger partial charge in [-0.25, -0.2) is 0 Å². The molecular weight excluding hydrogens is 176 g/mol. The lowest BCUT2D eigenvalue weighted by molar-refractivity contribution is 0.0953. The number of carbonyl (C=O) groups is 1. The molecule has 0 aliphatic carbocycles. The summed E-state index contributed by atoms with van der Waals surface area (Å²) in [5.41, 5.74) is 1.16. The highest BCUT2D eigenvalue weighted by Crippen LogP contribution is 2.02. The van der Waals surface area contributed by atoms with Gasteiger partial charge in [0.25, 0.3) is 5.91 Å². The van der Waals surface area contributed by atoms with Gasteiger partial charge in [0.05, 0.1) is 11.6 Å². The summed E-state index contributed by atoms with van der Waals surface area (Å²) in [6.45, 7) is 2.68. The van der Waals surface area contributed by atoms with E-state index in [2.05, 4.69) is 5.32 Å². The summed E-state index contributed by atoms with van der Waals surface area (Å²) in [5, 5.41) is 11.3. The molecule has 0 fully saturated rings. The van der Waals surface area contributed by atoms with Crippen LogP contribution in [0.4, 0.5) is 0 Å². The van der Waals surface area contributed by atoms with Gasteiger partial charge in [0.2, 0.25) is 0 Å². The highest BCUT2D eigenvalue weighted by Gasteiger charge is 2.02. The number of nitrogens with zero attached hydrogens (tertiary/aromatic N) is 1. The second kappa shape index (κ2) is 5.03. The van der Waals surface area contributed by atoms with Crippen molar-refractivity contribution in [3.8, 4) is 6.07 Å². The minimum atomic E-state index is -0.0867. The average Bonchev–Trinajstić information content (AvgIpc) is 2.26. The fourth-order valence-electron chi connectivity index (χ4n) is 1.04. The third-order valence-corrected chi connectivity index (χ3v) is 1.81. The van der Waals surface area contributed by atoms with E-state index in [4.69, 9.17) is 5.26 Å². The second-order valence-electron chi connectivity index (χ2n) is 2.95. The van der Waals surface area contributed by atoms with Crippen LogP contribution in [-0.2, 0) is 0 Å². The molecule has 0 unspecified atom stereocenters. The van der Waals surface area contributed by atoms with Crippen LogP contribution in [-0.4, -0.2) is 12.5 Å². The number of hydrogen-bond donors (Lipinski definition) is 1.